The molecule has 1 unspecified atom stereocenters. The predicted octanol–water partition coefficient (Wildman–Crippen LogP) is 3.18. The van der Waals surface area contributed by atoms with E-state index in [0.717, 1.165) is 19.3 Å². The molecule has 0 aliphatic rings. The van der Waals surface area contributed by atoms with E-state index in [2.05, 4.69) is 6.92 Å². The van der Waals surface area contributed by atoms with Gasteiger partial charge >= 0.3 is 5.97 Å². The fraction of sp³-hybridized carbons (Fsp3) is 0.917. The number of unbranched alkanes of at least 4 members (excludes halogenated alkanes) is 5. The van der Waals surface area contributed by atoms with Crippen molar-refractivity contribution in [1.29, 1.82) is 0 Å². The van der Waals surface area contributed by atoms with E-state index in [1.807, 2.05) is 0 Å². The standard InChI is InChI=1S/C12H23FO3/c1-2-3-4-5-6-7-8-11(12(14)15)16-10-9-13/h11H,2-10H2,1H3,(H,14,15). The Kier molecular flexibility index (Phi) is 10.4. The summed E-state index contributed by atoms with van der Waals surface area (Å²) in [5.41, 5.74) is 0. The van der Waals surface area contributed by atoms with E-state index in [1.165, 1.54) is 19.3 Å². The van der Waals surface area contributed by atoms with Gasteiger partial charge in [0.25, 0.3) is 0 Å². The fourth-order valence-electron chi connectivity index (χ4n) is 1.57. The molecule has 0 aromatic heterocycles. The van der Waals surface area contributed by atoms with Crippen LogP contribution in [0.15, 0.2) is 0 Å². The van der Waals surface area contributed by atoms with Gasteiger partial charge < -0.3 is 9.84 Å². The minimum Gasteiger partial charge on any atom is -0.479 e. The first-order valence-electron chi connectivity index (χ1n) is 6.12. The van der Waals surface area contributed by atoms with Crippen molar-refractivity contribution in [2.45, 2.75) is 58.0 Å². The molecule has 3 nitrogen and oxygen atoms in total. The van der Waals surface area contributed by atoms with E-state index in [1.54, 1.807) is 0 Å². The average Bonchev–Trinajstić information content (AvgIpc) is 2.26. The second kappa shape index (κ2) is 10.9. The van der Waals surface area contributed by atoms with Gasteiger partial charge in [-0.15, -0.1) is 0 Å². The van der Waals surface area contributed by atoms with Crippen LogP contribution in [0.5, 0.6) is 0 Å². The molecule has 0 amide bonds. The molecule has 4 heteroatoms. The number of rotatable bonds is 11. The van der Waals surface area contributed by atoms with Crippen molar-refractivity contribution in [2.75, 3.05) is 13.3 Å². The third-order valence-electron chi connectivity index (χ3n) is 2.49. The number of aliphatic carboxylic acids is 1. The lowest BCUT2D eigenvalue weighted by molar-refractivity contribution is -0.151. The Morgan fingerprint density at radius 3 is 2.44 bits per heavy atom. The summed E-state index contributed by atoms with van der Waals surface area (Å²) >= 11 is 0. The highest BCUT2D eigenvalue weighted by Crippen LogP contribution is 2.10. The van der Waals surface area contributed by atoms with Gasteiger partial charge in [-0.25, -0.2) is 9.18 Å². The molecule has 0 fully saturated rings. The smallest absolute Gasteiger partial charge is 0.332 e. The molecule has 0 saturated heterocycles. The number of ether oxygens (including phenoxy) is 1. The van der Waals surface area contributed by atoms with E-state index in [9.17, 15) is 9.18 Å². The van der Waals surface area contributed by atoms with Crippen molar-refractivity contribution < 1.29 is 19.0 Å². The van der Waals surface area contributed by atoms with Crippen molar-refractivity contribution in [3.63, 3.8) is 0 Å². The van der Waals surface area contributed by atoms with E-state index < -0.39 is 18.7 Å². The van der Waals surface area contributed by atoms with Crippen molar-refractivity contribution in [3.05, 3.63) is 0 Å². The van der Waals surface area contributed by atoms with E-state index >= 15 is 0 Å². The van der Waals surface area contributed by atoms with Crippen LogP contribution >= 0.6 is 0 Å². The molecule has 1 N–H and O–H groups in total. The molecule has 0 aromatic rings. The molecule has 0 saturated carbocycles. The van der Waals surface area contributed by atoms with Crippen LogP contribution in [0.1, 0.15) is 51.9 Å². The van der Waals surface area contributed by atoms with Crippen molar-refractivity contribution in [2.24, 2.45) is 0 Å². The van der Waals surface area contributed by atoms with Gasteiger partial charge in [-0.3, -0.25) is 0 Å². The maximum absolute atomic E-state index is 11.8. The number of halogens is 1. The van der Waals surface area contributed by atoms with E-state index in [4.69, 9.17) is 9.84 Å². The third-order valence-corrected chi connectivity index (χ3v) is 2.49. The zero-order valence-electron chi connectivity index (χ0n) is 10.1. The molecule has 0 rings (SSSR count). The van der Waals surface area contributed by atoms with Crippen LogP contribution in [0.2, 0.25) is 0 Å². The predicted molar refractivity (Wildman–Crippen MR) is 61.3 cm³/mol. The van der Waals surface area contributed by atoms with Crippen LogP contribution < -0.4 is 0 Å². The summed E-state index contributed by atoms with van der Waals surface area (Å²) < 4.78 is 16.7. The van der Waals surface area contributed by atoms with Gasteiger partial charge in [0.1, 0.15) is 6.67 Å². The summed E-state index contributed by atoms with van der Waals surface area (Å²) in [6.07, 6.45) is 6.32. The van der Waals surface area contributed by atoms with Crippen LogP contribution in [-0.4, -0.2) is 30.5 Å². The Hall–Kier alpha value is -0.640. The maximum Gasteiger partial charge on any atom is 0.332 e. The monoisotopic (exact) mass is 234 g/mol. The Balaban J connectivity index is 3.48. The van der Waals surface area contributed by atoms with Crippen molar-refractivity contribution in [3.8, 4) is 0 Å². The highest BCUT2D eigenvalue weighted by Gasteiger charge is 2.16. The maximum atomic E-state index is 11.8. The lowest BCUT2D eigenvalue weighted by atomic mass is 10.1. The van der Waals surface area contributed by atoms with E-state index in [0.29, 0.717) is 6.42 Å². The average molecular weight is 234 g/mol. The Morgan fingerprint density at radius 2 is 1.88 bits per heavy atom. The molecular formula is C12H23FO3. The van der Waals surface area contributed by atoms with E-state index in [-0.39, 0.29) is 6.61 Å². The summed E-state index contributed by atoms with van der Waals surface area (Å²) in [4.78, 5) is 10.7. The Bertz CT molecular complexity index is 174. The van der Waals surface area contributed by atoms with Gasteiger partial charge in [0.15, 0.2) is 6.10 Å². The highest BCUT2D eigenvalue weighted by atomic mass is 19.1. The number of carboxylic acids is 1. The van der Waals surface area contributed by atoms with Gasteiger partial charge in [0, 0.05) is 0 Å². The molecular weight excluding hydrogens is 211 g/mol. The number of alkyl halides is 1. The molecule has 1 atom stereocenters. The summed E-state index contributed by atoms with van der Waals surface area (Å²) in [5, 5.41) is 8.79. The molecule has 0 heterocycles. The SMILES string of the molecule is CCCCCCCCC(OCCF)C(=O)O. The Labute approximate surface area is 97.0 Å². The zero-order valence-corrected chi connectivity index (χ0v) is 10.1. The quantitative estimate of drug-likeness (QED) is 0.558. The van der Waals surface area contributed by atoms with Crippen LogP contribution in [0.25, 0.3) is 0 Å². The normalized spacial score (nSPS) is 12.6. The largest absolute Gasteiger partial charge is 0.479 e. The first-order valence-corrected chi connectivity index (χ1v) is 6.12. The minimum absolute atomic E-state index is 0.118. The summed E-state index contributed by atoms with van der Waals surface area (Å²) in [6.45, 7) is 1.42. The summed E-state index contributed by atoms with van der Waals surface area (Å²) in [7, 11) is 0. The topological polar surface area (TPSA) is 46.5 Å². The second-order valence-electron chi connectivity index (χ2n) is 3.94. The lowest BCUT2D eigenvalue weighted by Crippen LogP contribution is -2.24. The van der Waals surface area contributed by atoms with Crippen LogP contribution in [-0.2, 0) is 9.53 Å². The van der Waals surface area contributed by atoms with Gasteiger partial charge in [0.2, 0.25) is 0 Å². The zero-order chi connectivity index (χ0) is 12.2. The highest BCUT2D eigenvalue weighted by molar-refractivity contribution is 5.72. The van der Waals surface area contributed by atoms with Gasteiger partial charge in [0.05, 0.1) is 6.61 Å². The number of hydrogen-bond donors (Lipinski definition) is 1. The molecule has 0 aromatic carbocycles. The number of hydrogen-bond acceptors (Lipinski definition) is 2. The first-order chi connectivity index (χ1) is 7.72. The number of carbonyl (C=O) groups is 1. The van der Waals surface area contributed by atoms with Crippen LogP contribution in [0.3, 0.4) is 0 Å². The molecule has 0 aliphatic carbocycles. The number of carboxylic acid groups (broad SMARTS) is 1. The summed E-state index contributed by atoms with van der Waals surface area (Å²) in [5.74, 6) is -0.984. The van der Waals surface area contributed by atoms with Crippen molar-refractivity contribution in [1.82, 2.24) is 0 Å². The Morgan fingerprint density at radius 1 is 1.25 bits per heavy atom. The molecule has 0 spiro atoms. The molecule has 0 radical (unpaired) electrons. The second-order valence-corrected chi connectivity index (χ2v) is 3.94. The van der Waals surface area contributed by atoms with Gasteiger partial charge in [-0.2, -0.15) is 0 Å². The molecule has 96 valence electrons. The third kappa shape index (κ3) is 8.65. The summed E-state index contributed by atoms with van der Waals surface area (Å²) in [6, 6.07) is 0. The van der Waals surface area contributed by atoms with Crippen molar-refractivity contribution >= 4 is 5.97 Å². The van der Waals surface area contributed by atoms with Crippen LogP contribution in [0.4, 0.5) is 4.39 Å². The minimum atomic E-state index is -0.984. The van der Waals surface area contributed by atoms with Crippen LogP contribution in [0, 0.1) is 0 Å². The van der Waals surface area contributed by atoms with Gasteiger partial charge in [-0.1, -0.05) is 45.4 Å². The molecule has 0 aliphatic heterocycles. The molecule has 16 heavy (non-hydrogen) atoms. The fourth-order valence-corrected chi connectivity index (χ4v) is 1.57. The lowest BCUT2D eigenvalue weighted by Gasteiger charge is -2.12. The molecule has 0 bridgehead atoms. The first kappa shape index (κ1) is 15.4. The van der Waals surface area contributed by atoms with Gasteiger partial charge in [-0.05, 0) is 6.42 Å².